The molecule has 0 aromatic heterocycles. The van der Waals surface area contributed by atoms with Crippen LogP contribution in [-0.2, 0) is 26.2 Å². The highest BCUT2D eigenvalue weighted by Gasteiger charge is 2.32. The molecule has 7 nitrogen and oxygen atoms in total. The predicted octanol–water partition coefficient (Wildman–Crippen LogP) is 4.62. The van der Waals surface area contributed by atoms with Crippen molar-refractivity contribution < 1.29 is 22.4 Å². The molecular weight excluding hydrogens is 516 g/mol. The van der Waals surface area contributed by atoms with Crippen molar-refractivity contribution in [2.24, 2.45) is 0 Å². The Bertz CT molecular complexity index is 1110. The largest absolute Gasteiger partial charge is 0.354 e. The molecule has 192 valence electrons. The van der Waals surface area contributed by atoms with Crippen LogP contribution in [0.1, 0.15) is 38.7 Å². The van der Waals surface area contributed by atoms with E-state index in [2.05, 4.69) is 5.32 Å². The first-order valence-electron chi connectivity index (χ1n) is 11.2. The van der Waals surface area contributed by atoms with E-state index in [1.54, 1.807) is 25.1 Å². The molecule has 0 aliphatic heterocycles. The first kappa shape index (κ1) is 28.9. The number of amides is 2. The molecule has 2 aromatic carbocycles. The SMILES string of the molecule is CCCCNC(=O)[C@@H](CC)N(Cc1c(Cl)cccc1Cl)C(=O)CN(c1ccc(F)cc1)S(C)(=O)=O. The second-order valence-electron chi connectivity index (χ2n) is 8.04. The smallest absolute Gasteiger partial charge is 0.244 e. The molecule has 0 bridgehead atoms. The van der Waals surface area contributed by atoms with Crippen LogP contribution in [0.3, 0.4) is 0 Å². The van der Waals surface area contributed by atoms with Gasteiger partial charge in [-0.2, -0.15) is 0 Å². The van der Waals surface area contributed by atoms with Gasteiger partial charge < -0.3 is 10.2 Å². The summed E-state index contributed by atoms with van der Waals surface area (Å²) in [6, 6.07) is 8.77. The third kappa shape index (κ3) is 8.08. The number of sulfonamides is 1. The fourth-order valence-electron chi connectivity index (χ4n) is 3.50. The molecule has 0 heterocycles. The molecule has 0 aliphatic rings. The van der Waals surface area contributed by atoms with Gasteiger partial charge in [0.05, 0.1) is 11.9 Å². The molecule has 0 aliphatic carbocycles. The molecule has 0 radical (unpaired) electrons. The van der Waals surface area contributed by atoms with Gasteiger partial charge in [0.15, 0.2) is 0 Å². The molecule has 2 amide bonds. The van der Waals surface area contributed by atoms with E-state index in [0.29, 0.717) is 22.2 Å². The third-order valence-corrected chi connectivity index (χ3v) is 7.25. The summed E-state index contributed by atoms with van der Waals surface area (Å²) in [4.78, 5) is 27.9. The summed E-state index contributed by atoms with van der Waals surface area (Å²) in [6.45, 7) is 3.51. The van der Waals surface area contributed by atoms with Crippen LogP contribution in [0.4, 0.5) is 10.1 Å². The Hall–Kier alpha value is -2.36. The minimum atomic E-state index is -3.91. The van der Waals surface area contributed by atoms with Gasteiger partial charge in [-0.1, -0.05) is 49.5 Å². The second-order valence-corrected chi connectivity index (χ2v) is 10.8. The van der Waals surface area contributed by atoms with E-state index in [1.807, 2.05) is 6.92 Å². The van der Waals surface area contributed by atoms with Crippen LogP contribution < -0.4 is 9.62 Å². The lowest BCUT2D eigenvalue weighted by Gasteiger charge is -2.33. The molecule has 1 atom stereocenters. The van der Waals surface area contributed by atoms with Crippen molar-refractivity contribution in [1.82, 2.24) is 10.2 Å². The number of anilines is 1. The van der Waals surface area contributed by atoms with Crippen LogP contribution in [0.2, 0.25) is 10.0 Å². The van der Waals surface area contributed by atoms with Gasteiger partial charge in [0.1, 0.15) is 18.4 Å². The Kier molecular flexibility index (Phi) is 10.8. The maximum Gasteiger partial charge on any atom is 0.244 e. The summed E-state index contributed by atoms with van der Waals surface area (Å²) < 4.78 is 39.3. The number of nitrogens with zero attached hydrogens (tertiary/aromatic N) is 2. The minimum absolute atomic E-state index is 0.0991. The quantitative estimate of drug-likeness (QED) is 0.394. The lowest BCUT2D eigenvalue weighted by molar-refractivity contribution is -0.140. The highest BCUT2D eigenvalue weighted by Crippen LogP contribution is 2.27. The Labute approximate surface area is 216 Å². The Morgan fingerprint density at radius 2 is 1.66 bits per heavy atom. The average molecular weight is 546 g/mol. The molecular formula is C24H30Cl2FN3O4S. The molecule has 11 heteroatoms. The number of benzene rings is 2. The van der Waals surface area contributed by atoms with Crippen molar-refractivity contribution in [3.8, 4) is 0 Å². The van der Waals surface area contributed by atoms with Gasteiger partial charge in [0, 0.05) is 28.7 Å². The van der Waals surface area contributed by atoms with Gasteiger partial charge >= 0.3 is 0 Å². The summed E-state index contributed by atoms with van der Waals surface area (Å²) in [7, 11) is -3.91. The van der Waals surface area contributed by atoms with Gasteiger partial charge in [-0.25, -0.2) is 12.8 Å². The van der Waals surface area contributed by atoms with Crippen LogP contribution >= 0.6 is 23.2 Å². The summed E-state index contributed by atoms with van der Waals surface area (Å²) in [5.74, 6) is -1.53. The zero-order valence-corrected chi connectivity index (χ0v) is 22.3. The molecule has 0 spiro atoms. The molecule has 2 aromatic rings. The van der Waals surface area contributed by atoms with Gasteiger partial charge in [-0.15, -0.1) is 0 Å². The summed E-state index contributed by atoms with van der Waals surface area (Å²) in [6.07, 6.45) is 2.89. The number of nitrogens with one attached hydrogen (secondary N) is 1. The lowest BCUT2D eigenvalue weighted by Crippen LogP contribution is -2.52. The number of carbonyl (C=O) groups is 2. The van der Waals surface area contributed by atoms with Crippen molar-refractivity contribution in [1.29, 1.82) is 0 Å². The Morgan fingerprint density at radius 1 is 1.06 bits per heavy atom. The normalized spacial score (nSPS) is 12.2. The average Bonchev–Trinajstić information content (AvgIpc) is 2.79. The van der Waals surface area contributed by atoms with Crippen LogP contribution in [0.15, 0.2) is 42.5 Å². The van der Waals surface area contributed by atoms with E-state index in [4.69, 9.17) is 23.2 Å². The summed E-state index contributed by atoms with van der Waals surface area (Å²) in [5.41, 5.74) is 0.565. The van der Waals surface area contributed by atoms with E-state index in [0.717, 1.165) is 35.5 Å². The van der Waals surface area contributed by atoms with Crippen LogP contribution in [0.25, 0.3) is 0 Å². The summed E-state index contributed by atoms with van der Waals surface area (Å²) >= 11 is 12.7. The van der Waals surface area contributed by atoms with E-state index < -0.39 is 34.3 Å². The zero-order chi connectivity index (χ0) is 26.2. The monoisotopic (exact) mass is 545 g/mol. The van der Waals surface area contributed by atoms with Crippen LogP contribution in [0, 0.1) is 5.82 Å². The highest BCUT2D eigenvalue weighted by molar-refractivity contribution is 7.92. The highest BCUT2D eigenvalue weighted by atomic mass is 35.5. The fourth-order valence-corrected chi connectivity index (χ4v) is 4.87. The van der Waals surface area contributed by atoms with Crippen molar-refractivity contribution in [3.63, 3.8) is 0 Å². The number of halogens is 3. The van der Waals surface area contributed by atoms with Gasteiger partial charge in [0.25, 0.3) is 0 Å². The molecule has 0 saturated heterocycles. The van der Waals surface area contributed by atoms with Crippen molar-refractivity contribution in [3.05, 3.63) is 63.9 Å². The first-order valence-corrected chi connectivity index (χ1v) is 13.8. The van der Waals surface area contributed by atoms with E-state index >= 15 is 0 Å². The minimum Gasteiger partial charge on any atom is -0.354 e. The number of hydrogen-bond acceptors (Lipinski definition) is 4. The maximum absolute atomic E-state index is 13.6. The van der Waals surface area contributed by atoms with E-state index in [1.165, 1.54) is 17.0 Å². The Balaban J connectivity index is 2.45. The van der Waals surface area contributed by atoms with Gasteiger partial charge in [-0.05, 0) is 49.2 Å². The molecule has 0 saturated carbocycles. The molecule has 0 unspecified atom stereocenters. The predicted molar refractivity (Wildman–Crippen MR) is 138 cm³/mol. The fraction of sp³-hybridized carbons (Fsp3) is 0.417. The number of hydrogen-bond donors (Lipinski definition) is 1. The van der Waals surface area contributed by atoms with Gasteiger partial charge in [-0.3, -0.25) is 13.9 Å². The number of unbranched alkanes of at least 4 members (excludes halogenated alkanes) is 1. The Morgan fingerprint density at radius 3 is 2.17 bits per heavy atom. The summed E-state index contributed by atoms with van der Waals surface area (Å²) in [5, 5.41) is 3.46. The van der Waals surface area contributed by atoms with E-state index in [-0.39, 0.29) is 24.6 Å². The zero-order valence-electron chi connectivity index (χ0n) is 19.9. The first-order chi connectivity index (χ1) is 16.5. The topological polar surface area (TPSA) is 86.8 Å². The lowest BCUT2D eigenvalue weighted by atomic mass is 10.1. The molecule has 1 N–H and O–H groups in total. The molecule has 0 fully saturated rings. The van der Waals surface area contributed by atoms with Crippen LogP contribution in [0.5, 0.6) is 0 Å². The number of rotatable bonds is 12. The van der Waals surface area contributed by atoms with Crippen LogP contribution in [-0.4, -0.2) is 50.5 Å². The standard InChI is InChI=1S/C24H30Cl2FN3O4S/c1-4-6-14-28-24(32)22(5-2)29(15-19-20(25)8-7-9-21(19)26)23(31)16-30(35(3,33)34)18-12-10-17(27)11-13-18/h7-13,22H,4-6,14-16H2,1-3H3,(H,28,32)/t22-/m1/s1. The van der Waals surface area contributed by atoms with Crippen molar-refractivity contribution in [2.75, 3.05) is 23.7 Å². The molecule has 35 heavy (non-hydrogen) atoms. The number of carbonyl (C=O) groups excluding carboxylic acids is 2. The van der Waals surface area contributed by atoms with Crippen molar-refractivity contribution >= 4 is 50.7 Å². The van der Waals surface area contributed by atoms with Gasteiger partial charge in [0.2, 0.25) is 21.8 Å². The van der Waals surface area contributed by atoms with Crippen molar-refractivity contribution in [2.45, 2.75) is 45.7 Å². The maximum atomic E-state index is 13.6. The molecule has 2 rings (SSSR count). The van der Waals surface area contributed by atoms with E-state index in [9.17, 15) is 22.4 Å². The third-order valence-electron chi connectivity index (χ3n) is 5.40. The second kappa shape index (κ2) is 13.1.